The summed E-state index contributed by atoms with van der Waals surface area (Å²) in [6.45, 7) is 13.3. The normalized spacial score (nSPS) is 20.0. The zero-order valence-corrected chi connectivity index (χ0v) is 22.1. The molecule has 2 fully saturated rings. The standard InChI is InChI=1S/C27H41N5OS/c1-4-30-12-11-21-22(18-30)34-27-25(21)26(28-23(29-27)17-19(2)3)32-15-13-31(14-16-32)24(33)10-9-20-7-5-6-8-20/h19-20H,4-18H2,1-3H3. The predicted molar refractivity (Wildman–Crippen MR) is 141 cm³/mol. The topological polar surface area (TPSA) is 52.6 Å². The fourth-order valence-corrected chi connectivity index (χ4v) is 7.25. The van der Waals surface area contributed by atoms with E-state index in [-0.39, 0.29) is 0 Å². The van der Waals surface area contributed by atoms with Gasteiger partial charge in [-0.15, -0.1) is 11.3 Å². The molecule has 0 unspecified atom stereocenters. The number of rotatable bonds is 7. The van der Waals surface area contributed by atoms with Crippen LogP contribution >= 0.6 is 11.3 Å². The van der Waals surface area contributed by atoms with Gasteiger partial charge in [-0.3, -0.25) is 9.69 Å². The lowest BCUT2D eigenvalue weighted by Crippen LogP contribution is -2.49. The van der Waals surface area contributed by atoms with Gasteiger partial charge in [0.15, 0.2) is 0 Å². The fourth-order valence-electron chi connectivity index (χ4n) is 5.98. The van der Waals surface area contributed by atoms with Crippen molar-refractivity contribution in [2.75, 3.05) is 44.2 Å². The molecule has 7 heteroatoms. The highest BCUT2D eigenvalue weighted by molar-refractivity contribution is 7.19. The van der Waals surface area contributed by atoms with Crippen LogP contribution in [0.5, 0.6) is 0 Å². The Balaban J connectivity index is 1.34. The van der Waals surface area contributed by atoms with Crippen molar-refractivity contribution in [2.24, 2.45) is 11.8 Å². The molecule has 0 radical (unpaired) electrons. The number of hydrogen-bond donors (Lipinski definition) is 0. The summed E-state index contributed by atoms with van der Waals surface area (Å²) >= 11 is 1.88. The lowest BCUT2D eigenvalue weighted by molar-refractivity contribution is -0.131. The summed E-state index contributed by atoms with van der Waals surface area (Å²) in [4.78, 5) is 32.7. The SMILES string of the molecule is CCN1CCc2c(sc3nc(CC(C)C)nc(N4CCN(C(=O)CCC5CCCC5)CC4)c23)C1. The molecule has 0 spiro atoms. The zero-order chi connectivity index (χ0) is 23.7. The van der Waals surface area contributed by atoms with E-state index in [0.717, 1.165) is 89.1 Å². The highest BCUT2D eigenvalue weighted by Gasteiger charge is 2.29. The van der Waals surface area contributed by atoms with Crippen molar-refractivity contribution in [1.82, 2.24) is 19.8 Å². The number of piperazine rings is 1. The van der Waals surface area contributed by atoms with Crippen LogP contribution in [0, 0.1) is 11.8 Å². The van der Waals surface area contributed by atoms with Gasteiger partial charge >= 0.3 is 0 Å². The first kappa shape index (κ1) is 24.0. The van der Waals surface area contributed by atoms with Crippen molar-refractivity contribution in [3.8, 4) is 0 Å². The molecule has 1 amide bonds. The average molecular weight is 484 g/mol. The summed E-state index contributed by atoms with van der Waals surface area (Å²) in [5.74, 6) is 3.77. The van der Waals surface area contributed by atoms with Gasteiger partial charge in [0.25, 0.3) is 0 Å². The first-order chi connectivity index (χ1) is 16.5. The van der Waals surface area contributed by atoms with Crippen LogP contribution in [0.25, 0.3) is 10.2 Å². The Labute approximate surface area is 208 Å². The van der Waals surface area contributed by atoms with Crippen molar-refractivity contribution in [1.29, 1.82) is 0 Å². The summed E-state index contributed by atoms with van der Waals surface area (Å²) < 4.78 is 0. The second-order valence-corrected chi connectivity index (χ2v) is 12.0. The Hall–Kier alpha value is -1.73. The molecule has 3 aliphatic rings. The molecule has 0 aromatic carbocycles. The van der Waals surface area contributed by atoms with Gasteiger partial charge in [0.05, 0.1) is 5.39 Å². The second-order valence-electron chi connectivity index (χ2n) is 10.9. The molecule has 186 valence electrons. The molecule has 4 heterocycles. The first-order valence-corrected chi connectivity index (χ1v) is 14.4. The van der Waals surface area contributed by atoms with Gasteiger partial charge in [-0.25, -0.2) is 9.97 Å². The summed E-state index contributed by atoms with van der Waals surface area (Å²) in [7, 11) is 0. The maximum absolute atomic E-state index is 12.9. The van der Waals surface area contributed by atoms with Crippen LogP contribution in [0.2, 0.25) is 0 Å². The van der Waals surface area contributed by atoms with Crippen molar-refractivity contribution >= 4 is 33.3 Å². The number of carbonyl (C=O) groups excluding carboxylic acids is 1. The van der Waals surface area contributed by atoms with Gasteiger partial charge in [-0.1, -0.05) is 46.5 Å². The zero-order valence-electron chi connectivity index (χ0n) is 21.3. The van der Waals surface area contributed by atoms with Crippen LogP contribution in [0.15, 0.2) is 0 Å². The summed E-state index contributed by atoms with van der Waals surface area (Å²) in [6, 6.07) is 0. The van der Waals surface area contributed by atoms with Crippen LogP contribution in [0.3, 0.4) is 0 Å². The molecule has 5 rings (SSSR count). The van der Waals surface area contributed by atoms with Gasteiger partial charge < -0.3 is 9.80 Å². The van der Waals surface area contributed by atoms with E-state index in [1.165, 1.54) is 46.3 Å². The number of carbonyl (C=O) groups is 1. The molecular formula is C27H41N5OS. The van der Waals surface area contributed by atoms with E-state index in [1.807, 2.05) is 11.3 Å². The fraction of sp³-hybridized carbons (Fsp3) is 0.741. The highest BCUT2D eigenvalue weighted by Crippen LogP contribution is 2.39. The molecule has 1 saturated heterocycles. The number of likely N-dealkylation sites (N-methyl/N-ethyl adjacent to an activating group) is 1. The number of thiophene rings is 1. The summed E-state index contributed by atoms with van der Waals surface area (Å²) in [5, 5.41) is 1.30. The van der Waals surface area contributed by atoms with E-state index >= 15 is 0 Å². The van der Waals surface area contributed by atoms with Gasteiger partial charge in [0, 0.05) is 57.0 Å². The van der Waals surface area contributed by atoms with E-state index in [4.69, 9.17) is 9.97 Å². The molecule has 0 bridgehead atoms. The summed E-state index contributed by atoms with van der Waals surface area (Å²) in [5.41, 5.74) is 1.48. The monoisotopic (exact) mass is 483 g/mol. The van der Waals surface area contributed by atoms with Crippen molar-refractivity contribution in [3.63, 3.8) is 0 Å². The predicted octanol–water partition coefficient (Wildman–Crippen LogP) is 4.89. The number of nitrogens with zero attached hydrogens (tertiary/aromatic N) is 5. The van der Waals surface area contributed by atoms with Crippen LogP contribution in [0.4, 0.5) is 5.82 Å². The number of fused-ring (bicyclic) bond motifs is 3. The van der Waals surface area contributed by atoms with E-state index in [2.05, 4.69) is 35.5 Å². The molecule has 0 N–H and O–H groups in total. The highest BCUT2D eigenvalue weighted by atomic mass is 32.1. The smallest absolute Gasteiger partial charge is 0.222 e. The molecule has 1 saturated carbocycles. The Bertz CT molecular complexity index is 1000. The third-order valence-corrected chi connectivity index (χ3v) is 9.13. The van der Waals surface area contributed by atoms with E-state index < -0.39 is 0 Å². The second kappa shape index (κ2) is 10.5. The Morgan fingerprint density at radius 1 is 1.09 bits per heavy atom. The molecule has 6 nitrogen and oxygen atoms in total. The number of anilines is 1. The lowest BCUT2D eigenvalue weighted by atomic mass is 10.0. The largest absolute Gasteiger partial charge is 0.352 e. The minimum absolute atomic E-state index is 0.354. The maximum atomic E-state index is 12.9. The minimum Gasteiger partial charge on any atom is -0.352 e. The van der Waals surface area contributed by atoms with Crippen molar-refractivity contribution in [2.45, 2.75) is 78.7 Å². The molecule has 2 aromatic rings. The van der Waals surface area contributed by atoms with E-state index in [1.54, 1.807) is 0 Å². The van der Waals surface area contributed by atoms with E-state index in [0.29, 0.717) is 11.8 Å². The van der Waals surface area contributed by atoms with Gasteiger partial charge in [-0.2, -0.15) is 0 Å². The number of hydrogen-bond acceptors (Lipinski definition) is 6. The molecular weight excluding hydrogens is 442 g/mol. The minimum atomic E-state index is 0.354. The third kappa shape index (κ3) is 5.11. The van der Waals surface area contributed by atoms with Crippen LogP contribution in [-0.4, -0.2) is 64.9 Å². The third-order valence-electron chi connectivity index (χ3n) is 8.02. The summed E-state index contributed by atoms with van der Waals surface area (Å²) in [6.07, 6.45) is 9.16. The molecule has 0 atom stereocenters. The molecule has 2 aromatic heterocycles. The molecule has 1 aliphatic carbocycles. The number of aromatic nitrogens is 2. The van der Waals surface area contributed by atoms with Crippen LogP contribution in [-0.2, 0) is 24.2 Å². The van der Waals surface area contributed by atoms with Crippen LogP contribution in [0.1, 0.15) is 75.6 Å². The first-order valence-electron chi connectivity index (χ1n) is 13.6. The Kier molecular flexibility index (Phi) is 7.40. The van der Waals surface area contributed by atoms with E-state index in [9.17, 15) is 4.79 Å². The van der Waals surface area contributed by atoms with Gasteiger partial charge in [0.1, 0.15) is 16.5 Å². The van der Waals surface area contributed by atoms with Gasteiger partial charge in [0.2, 0.25) is 5.91 Å². The molecule has 34 heavy (non-hydrogen) atoms. The quantitative estimate of drug-likeness (QED) is 0.561. The Morgan fingerprint density at radius 3 is 2.56 bits per heavy atom. The van der Waals surface area contributed by atoms with Crippen LogP contribution < -0.4 is 4.90 Å². The lowest BCUT2D eigenvalue weighted by Gasteiger charge is -2.36. The Morgan fingerprint density at radius 2 is 1.85 bits per heavy atom. The van der Waals surface area contributed by atoms with Gasteiger partial charge in [-0.05, 0) is 36.8 Å². The maximum Gasteiger partial charge on any atom is 0.222 e. The average Bonchev–Trinajstić information content (AvgIpc) is 3.48. The number of amides is 1. The van der Waals surface area contributed by atoms with Crippen molar-refractivity contribution < 1.29 is 4.79 Å². The van der Waals surface area contributed by atoms with Crippen molar-refractivity contribution in [3.05, 3.63) is 16.3 Å². The molecule has 2 aliphatic heterocycles.